The number of halogens is 1. The number of rotatable bonds is 4. The molecule has 0 aliphatic rings. The molecule has 0 aliphatic heterocycles. The molecule has 12 heteroatoms. The smallest absolute Gasteiger partial charge is 0.319 e. The minimum atomic E-state index is -0.649. The van der Waals surface area contributed by atoms with E-state index < -0.39 is 22.1 Å². The Balaban J connectivity index is 1.97. The van der Waals surface area contributed by atoms with E-state index in [1.165, 1.54) is 47.8 Å². The number of nitrogens with zero attached hydrogens (tertiary/aromatic N) is 5. The van der Waals surface area contributed by atoms with Gasteiger partial charge in [0, 0.05) is 25.2 Å². The minimum Gasteiger partial charge on any atom is -0.319 e. The number of amides is 1. The van der Waals surface area contributed by atoms with Gasteiger partial charge in [-0.25, -0.2) is 9.78 Å². The van der Waals surface area contributed by atoms with Crippen molar-refractivity contribution in [2.24, 2.45) is 14.1 Å². The average molecular weight is 393 g/mol. The molecule has 0 unspecified atom stereocenters. The molecule has 0 aliphatic carbocycles. The number of nitrogens with one attached hydrogen (secondary N) is 1. The Kier molecular flexibility index (Phi) is 4.54. The molecule has 0 bridgehead atoms. The Bertz CT molecular complexity index is 1210. The molecule has 0 saturated carbocycles. The molecular weight excluding hydrogens is 380 g/mol. The van der Waals surface area contributed by atoms with Gasteiger partial charge < -0.3 is 9.88 Å². The molecule has 2 heterocycles. The summed E-state index contributed by atoms with van der Waals surface area (Å²) in [7, 11) is 2.77. The highest BCUT2D eigenvalue weighted by molar-refractivity contribution is 6.31. The van der Waals surface area contributed by atoms with Gasteiger partial charge in [-0.2, -0.15) is 0 Å². The summed E-state index contributed by atoms with van der Waals surface area (Å²) in [4.78, 5) is 51.1. The van der Waals surface area contributed by atoms with Crippen molar-refractivity contribution in [1.29, 1.82) is 0 Å². The van der Waals surface area contributed by atoms with E-state index in [0.717, 1.165) is 4.57 Å². The van der Waals surface area contributed by atoms with Crippen LogP contribution in [-0.2, 0) is 25.4 Å². The second-order valence-corrected chi connectivity index (χ2v) is 6.15. The number of fused-ring (bicyclic) bond motifs is 1. The van der Waals surface area contributed by atoms with E-state index in [0.29, 0.717) is 0 Å². The lowest BCUT2D eigenvalue weighted by Crippen LogP contribution is -2.37. The van der Waals surface area contributed by atoms with Crippen molar-refractivity contribution in [3.05, 3.63) is 60.5 Å². The lowest BCUT2D eigenvalue weighted by molar-refractivity contribution is -0.383. The number of carbonyl (C=O) groups is 1. The van der Waals surface area contributed by atoms with Gasteiger partial charge in [-0.15, -0.1) is 0 Å². The lowest BCUT2D eigenvalue weighted by Gasteiger charge is -2.08. The van der Waals surface area contributed by atoms with E-state index in [9.17, 15) is 24.5 Å². The molecular formula is C15H13ClN6O5. The predicted octanol–water partition coefficient (Wildman–Crippen LogP) is 0.634. The summed E-state index contributed by atoms with van der Waals surface area (Å²) in [6.07, 6.45) is 1.25. The number of anilines is 1. The first-order valence-corrected chi connectivity index (χ1v) is 7.93. The summed E-state index contributed by atoms with van der Waals surface area (Å²) in [5, 5.41) is 13.7. The number of nitro benzene ring substituents is 1. The van der Waals surface area contributed by atoms with Gasteiger partial charge in [0.1, 0.15) is 12.2 Å². The Morgan fingerprint density at radius 1 is 1.30 bits per heavy atom. The molecule has 1 amide bonds. The van der Waals surface area contributed by atoms with E-state index in [1.54, 1.807) is 0 Å². The van der Waals surface area contributed by atoms with Crippen molar-refractivity contribution in [1.82, 2.24) is 18.7 Å². The monoisotopic (exact) mass is 392 g/mol. The van der Waals surface area contributed by atoms with Gasteiger partial charge in [-0.3, -0.25) is 28.8 Å². The van der Waals surface area contributed by atoms with Crippen LogP contribution >= 0.6 is 11.6 Å². The Morgan fingerprint density at radius 3 is 2.67 bits per heavy atom. The highest BCUT2D eigenvalue weighted by Gasteiger charge is 2.19. The summed E-state index contributed by atoms with van der Waals surface area (Å²) >= 11 is 5.83. The van der Waals surface area contributed by atoms with Crippen LogP contribution in [0, 0.1) is 10.1 Å². The van der Waals surface area contributed by atoms with Gasteiger partial charge in [0.25, 0.3) is 11.2 Å². The first kappa shape index (κ1) is 18.3. The van der Waals surface area contributed by atoms with Crippen LogP contribution in [0.2, 0.25) is 5.02 Å². The van der Waals surface area contributed by atoms with Crippen LogP contribution in [0.3, 0.4) is 0 Å². The van der Waals surface area contributed by atoms with Gasteiger partial charge in [0.2, 0.25) is 5.91 Å². The Hall–Kier alpha value is -3.47. The van der Waals surface area contributed by atoms with Crippen molar-refractivity contribution in [3.63, 3.8) is 0 Å². The van der Waals surface area contributed by atoms with Gasteiger partial charge in [0.15, 0.2) is 11.2 Å². The summed E-state index contributed by atoms with van der Waals surface area (Å²) in [5.74, 6) is -0.629. The molecule has 27 heavy (non-hydrogen) atoms. The molecule has 2 aromatic heterocycles. The fraction of sp³-hybridized carbons (Fsp3) is 0.200. The number of aromatic nitrogens is 4. The van der Waals surface area contributed by atoms with Crippen molar-refractivity contribution in [2.75, 3.05) is 5.32 Å². The zero-order valence-corrected chi connectivity index (χ0v) is 14.9. The van der Waals surface area contributed by atoms with E-state index in [4.69, 9.17) is 11.6 Å². The average Bonchev–Trinajstić information content (AvgIpc) is 3.01. The highest BCUT2D eigenvalue weighted by Crippen LogP contribution is 2.27. The molecule has 0 atom stereocenters. The molecule has 3 aromatic rings. The Labute approximate surface area is 155 Å². The van der Waals surface area contributed by atoms with Crippen LogP contribution in [0.5, 0.6) is 0 Å². The molecule has 11 nitrogen and oxygen atoms in total. The fourth-order valence-corrected chi connectivity index (χ4v) is 2.80. The normalized spacial score (nSPS) is 10.9. The maximum atomic E-state index is 12.4. The molecule has 0 saturated heterocycles. The second kappa shape index (κ2) is 6.68. The highest BCUT2D eigenvalue weighted by atomic mass is 35.5. The van der Waals surface area contributed by atoms with Crippen molar-refractivity contribution >= 4 is 40.0 Å². The van der Waals surface area contributed by atoms with Gasteiger partial charge >= 0.3 is 5.69 Å². The van der Waals surface area contributed by atoms with Crippen LogP contribution in [0.4, 0.5) is 11.4 Å². The van der Waals surface area contributed by atoms with Crippen LogP contribution in [0.25, 0.3) is 11.2 Å². The molecule has 0 radical (unpaired) electrons. The largest absolute Gasteiger partial charge is 0.332 e. The summed E-state index contributed by atoms with van der Waals surface area (Å²) in [6, 6.07) is 3.77. The molecule has 3 rings (SSSR count). The topological polar surface area (TPSA) is 134 Å². The minimum absolute atomic E-state index is 0.0651. The van der Waals surface area contributed by atoms with E-state index in [1.807, 2.05) is 0 Å². The number of hydrogen-bond acceptors (Lipinski definition) is 6. The number of nitro groups is 1. The zero-order valence-electron chi connectivity index (χ0n) is 14.2. The standard InChI is InChI=1S/C15H13ClN6O5/c1-19-13-12(14(24)20(2)15(19)25)21(7-17-13)6-11(23)18-9-5-8(16)3-4-10(9)22(26)27/h3-5,7H,6H2,1-2H3,(H,18,23). The quantitative estimate of drug-likeness (QED) is 0.511. The van der Waals surface area contributed by atoms with Gasteiger partial charge in [-0.1, -0.05) is 11.6 Å². The fourth-order valence-electron chi connectivity index (χ4n) is 2.63. The maximum absolute atomic E-state index is 12.4. The lowest BCUT2D eigenvalue weighted by atomic mass is 10.2. The van der Waals surface area contributed by atoms with E-state index in [2.05, 4.69) is 10.3 Å². The third kappa shape index (κ3) is 3.19. The number of benzene rings is 1. The van der Waals surface area contributed by atoms with Crippen LogP contribution in [0.1, 0.15) is 0 Å². The van der Waals surface area contributed by atoms with Gasteiger partial charge in [-0.05, 0) is 12.1 Å². The summed E-state index contributed by atoms with van der Waals surface area (Å²) in [6.45, 7) is -0.340. The molecule has 1 aromatic carbocycles. The van der Waals surface area contributed by atoms with Crippen LogP contribution in [0.15, 0.2) is 34.1 Å². The van der Waals surface area contributed by atoms with E-state index in [-0.39, 0.29) is 34.1 Å². The summed E-state index contributed by atoms with van der Waals surface area (Å²) < 4.78 is 3.36. The third-order valence-electron chi connectivity index (χ3n) is 3.96. The van der Waals surface area contributed by atoms with Crippen molar-refractivity contribution in [2.45, 2.75) is 6.54 Å². The third-order valence-corrected chi connectivity index (χ3v) is 4.20. The maximum Gasteiger partial charge on any atom is 0.332 e. The molecule has 0 spiro atoms. The number of imidazole rings is 1. The zero-order chi connectivity index (χ0) is 19.9. The second-order valence-electron chi connectivity index (χ2n) is 5.72. The number of aryl methyl sites for hydroxylation is 1. The summed E-state index contributed by atoms with van der Waals surface area (Å²) in [5.41, 5.74) is -1.34. The molecule has 0 fully saturated rings. The Morgan fingerprint density at radius 2 is 2.00 bits per heavy atom. The van der Waals surface area contributed by atoms with Crippen molar-refractivity contribution < 1.29 is 9.72 Å². The van der Waals surface area contributed by atoms with Crippen LogP contribution in [-0.4, -0.2) is 29.5 Å². The van der Waals surface area contributed by atoms with Crippen molar-refractivity contribution in [3.8, 4) is 0 Å². The first-order chi connectivity index (χ1) is 12.7. The predicted molar refractivity (Wildman–Crippen MR) is 97.0 cm³/mol. The number of hydrogen-bond donors (Lipinski definition) is 1. The number of carbonyl (C=O) groups excluding carboxylic acids is 1. The van der Waals surface area contributed by atoms with E-state index >= 15 is 0 Å². The molecule has 140 valence electrons. The van der Waals surface area contributed by atoms with Crippen LogP contribution < -0.4 is 16.6 Å². The van der Waals surface area contributed by atoms with Gasteiger partial charge in [0.05, 0.1) is 11.3 Å². The molecule has 1 N–H and O–H groups in total. The first-order valence-electron chi connectivity index (χ1n) is 7.55. The SMILES string of the molecule is Cn1c(=O)c2c(ncn2CC(=O)Nc2cc(Cl)ccc2[N+](=O)[O-])n(C)c1=O.